The van der Waals surface area contributed by atoms with E-state index in [1.54, 1.807) is 0 Å². The highest BCUT2D eigenvalue weighted by atomic mass is 32.2. The van der Waals surface area contributed by atoms with E-state index >= 15 is 0 Å². The third-order valence-corrected chi connectivity index (χ3v) is 8.28. The van der Waals surface area contributed by atoms with Crippen LogP contribution in [0.25, 0.3) is 0 Å². The van der Waals surface area contributed by atoms with E-state index in [0.717, 1.165) is 43.1 Å². The Balaban J connectivity index is 1.30. The molecule has 2 N–H and O–H groups in total. The summed E-state index contributed by atoms with van der Waals surface area (Å²) in [7, 11) is 0. The molecule has 0 saturated heterocycles. The minimum absolute atomic E-state index is 0.0201. The molecular weight excluding hydrogens is 380 g/mol. The van der Waals surface area contributed by atoms with Crippen LogP contribution in [-0.2, 0) is 9.59 Å². The van der Waals surface area contributed by atoms with Crippen molar-refractivity contribution in [2.75, 3.05) is 0 Å². The fourth-order valence-corrected chi connectivity index (χ4v) is 5.81. The maximum atomic E-state index is 12.7. The monoisotopic (exact) mass is 410 g/mol. The molecule has 4 aliphatic rings. The Morgan fingerprint density at radius 1 is 1.10 bits per heavy atom. The highest BCUT2D eigenvalue weighted by molar-refractivity contribution is 8.00. The number of hydrogen-bond donors (Lipinski definition) is 2. The molecule has 3 aliphatic carbocycles. The normalized spacial score (nSPS) is 27.7. The number of hydrogen-bond acceptors (Lipinski definition) is 5. The second-order valence-electron chi connectivity index (χ2n) is 9.21. The van der Waals surface area contributed by atoms with Crippen molar-refractivity contribution in [1.29, 1.82) is 0 Å². The molecule has 3 saturated carbocycles. The molecule has 5 rings (SSSR count). The number of benzene rings is 1. The van der Waals surface area contributed by atoms with Gasteiger partial charge in [0.05, 0.1) is 5.70 Å². The Morgan fingerprint density at radius 3 is 2.52 bits per heavy atom. The molecule has 29 heavy (non-hydrogen) atoms. The molecule has 4 nitrogen and oxygen atoms in total. The van der Waals surface area contributed by atoms with E-state index in [2.05, 4.69) is 34.9 Å². The zero-order valence-electron chi connectivity index (χ0n) is 16.9. The molecule has 154 valence electrons. The molecular formula is C24H30N2O2S. The van der Waals surface area contributed by atoms with Gasteiger partial charge in [-0.3, -0.25) is 9.59 Å². The van der Waals surface area contributed by atoms with Crippen LogP contribution in [-0.4, -0.2) is 23.0 Å². The van der Waals surface area contributed by atoms with Crippen molar-refractivity contribution in [3.05, 3.63) is 41.7 Å². The lowest BCUT2D eigenvalue weighted by molar-refractivity contribution is -0.121. The van der Waals surface area contributed by atoms with Crippen molar-refractivity contribution >= 4 is 23.3 Å². The van der Waals surface area contributed by atoms with E-state index in [1.165, 1.54) is 29.7 Å². The number of allylic oxidation sites excluding steroid dienone is 1. The first kappa shape index (κ1) is 19.2. The van der Waals surface area contributed by atoms with Crippen LogP contribution < -0.4 is 10.6 Å². The van der Waals surface area contributed by atoms with E-state index in [1.807, 2.05) is 18.0 Å². The molecule has 0 aromatic heterocycles. The van der Waals surface area contributed by atoms with Crippen LogP contribution >= 0.6 is 11.8 Å². The van der Waals surface area contributed by atoms with Crippen molar-refractivity contribution in [3.8, 4) is 0 Å². The van der Waals surface area contributed by atoms with Gasteiger partial charge in [-0.2, -0.15) is 0 Å². The second kappa shape index (κ2) is 8.17. The van der Waals surface area contributed by atoms with E-state index in [0.29, 0.717) is 18.1 Å². The SMILES string of the molecule is O=C1CC[C@H](CC(c2ccc(SC3CC3)cc2)C2NC=C(C(=O)C3CCC3)N2)C1. The van der Waals surface area contributed by atoms with Crippen LogP contribution in [0.2, 0.25) is 0 Å². The van der Waals surface area contributed by atoms with Crippen LogP contribution in [0.4, 0.5) is 0 Å². The van der Waals surface area contributed by atoms with Gasteiger partial charge in [-0.05, 0) is 62.1 Å². The smallest absolute Gasteiger partial charge is 0.183 e. The van der Waals surface area contributed by atoms with Crippen molar-refractivity contribution in [2.45, 2.75) is 80.0 Å². The van der Waals surface area contributed by atoms with E-state index in [-0.39, 0.29) is 23.8 Å². The number of nitrogens with one attached hydrogen (secondary N) is 2. The number of carbonyl (C=O) groups excluding carboxylic acids is 2. The van der Waals surface area contributed by atoms with Crippen LogP contribution in [0.5, 0.6) is 0 Å². The van der Waals surface area contributed by atoms with Gasteiger partial charge in [0.2, 0.25) is 0 Å². The van der Waals surface area contributed by atoms with Gasteiger partial charge in [0.25, 0.3) is 0 Å². The van der Waals surface area contributed by atoms with Crippen LogP contribution in [0.3, 0.4) is 0 Å². The molecule has 0 amide bonds. The average molecular weight is 411 g/mol. The van der Waals surface area contributed by atoms with Gasteiger partial charge in [-0.25, -0.2) is 0 Å². The predicted molar refractivity (Wildman–Crippen MR) is 116 cm³/mol. The number of thioether (sulfide) groups is 1. The highest BCUT2D eigenvalue weighted by Crippen LogP contribution is 2.40. The summed E-state index contributed by atoms with van der Waals surface area (Å²) in [6.07, 6.45) is 11.2. The summed E-state index contributed by atoms with van der Waals surface area (Å²) in [6, 6.07) is 8.99. The predicted octanol–water partition coefficient (Wildman–Crippen LogP) is 4.51. The molecule has 1 heterocycles. The maximum Gasteiger partial charge on any atom is 0.183 e. The van der Waals surface area contributed by atoms with Gasteiger partial charge in [-0.15, -0.1) is 11.8 Å². The van der Waals surface area contributed by atoms with Crippen molar-refractivity contribution in [2.24, 2.45) is 11.8 Å². The Labute approximate surface area is 177 Å². The van der Waals surface area contributed by atoms with Gasteiger partial charge in [0.1, 0.15) is 11.9 Å². The van der Waals surface area contributed by atoms with Crippen LogP contribution in [0.1, 0.15) is 69.3 Å². The van der Waals surface area contributed by atoms with Crippen LogP contribution in [0, 0.1) is 11.8 Å². The molecule has 0 bridgehead atoms. The van der Waals surface area contributed by atoms with Gasteiger partial charge >= 0.3 is 0 Å². The number of ketones is 2. The molecule has 2 unspecified atom stereocenters. The highest BCUT2D eigenvalue weighted by Gasteiger charge is 2.35. The van der Waals surface area contributed by atoms with E-state index in [9.17, 15) is 9.59 Å². The molecule has 3 fully saturated rings. The average Bonchev–Trinajstić information content (AvgIpc) is 3.18. The van der Waals surface area contributed by atoms with E-state index < -0.39 is 0 Å². The fraction of sp³-hybridized carbons (Fsp3) is 0.583. The minimum Gasteiger partial charge on any atom is -0.369 e. The zero-order valence-corrected chi connectivity index (χ0v) is 17.7. The molecule has 1 aromatic rings. The first-order chi connectivity index (χ1) is 14.2. The van der Waals surface area contributed by atoms with Gasteiger partial charge in [0.15, 0.2) is 5.78 Å². The summed E-state index contributed by atoms with van der Waals surface area (Å²) in [5.41, 5.74) is 2.04. The summed E-state index contributed by atoms with van der Waals surface area (Å²) in [5, 5.41) is 7.75. The third kappa shape index (κ3) is 4.40. The lowest BCUT2D eigenvalue weighted by Crippen LogP contribution is -2.41. The molecule has 0 radical (unpaired) electrons. The lowest BCUT2D eigenvalue weighted by atomic mass is 9.81. The standard InChI is InChI=1S/C24H30N2O2S/c27-18-7-4-15(12-18)13-21(16-5-8-19(9-6-16)29-20-10-11-20)24-25-14-22(26-24)23(28)17-2-1-3-17/h5-6,8-9,14-15,17,20-21,24-26H,1-4,7,10-13H2/t15-,21?,24?/m0/s1. The summed E-state index contributed by atoms with van der Waals surface area (Å²) in [6.45, 7) is 0. The van der Waals surface area contributed by atoms with Crippen molar-refractivity contribution < 1.29 is 9.59 Å². The summed E-state index contributed by atoms with van der Waals surface area (Å²) in [5.74, 6) is 1.56. The van der Waals surface area contributed by atoms with Gasteiger partial charge in [0, 0.05) is 41.0 Å². The first-order valence-corrected chi connectivity index (χ1v) is 12.1. The summed E-state index contributed by atoms with van der Waals surface area (Å²) >= 11 is 1.98. The van der Waals surface area contributed by atoms with E-state index in [4.69, 9.17) is 0 Å². The number of rotatable bonds is 8. The van der Waals surface area contributed by atoms with Gasteiger partial charge < -0.3 is 10.6 Å². The Hall–Kier alpha value is -1.75. The Bertz CT molecular complexity index is 811. The lowest BCUT2D eigenvalue weighted by Gasteiger charge is -2.29. The molecule has 3 atom stereocenters. The molecule has 0 spiro atoms. The largest absolute Gasteiger partial charge is 0.369 e. The number of Topliss-reactive ketones (excluding diaryl/α,β-unsaturated/α-hetero) is 2. The zero-order chi connectivity index (χ0) is 19.8. The second-order valence-corrected chi connectivity index (χ2v) is 10.6. The summed E-state index contributed by atoms with van der Waals surface area (Å²) in [4.78, 5) is 25.8. The number of carbonyl (C=O) groups is 2. The Morgan fingerprint density at radius 2 is 1.90 bits per heavy atom. The quantitative estimate of drug-likeness (QED) is 0.660. The Kier molecular flexibility index (Phi) is 5.42. The van der Waals surface area contributed by atoms with Gasteiger partial charge in [-0.1, -0.05) is 18.6 Å². The molecule has 1 aromatic carbocycles. The van der Waals surface area contributed by atoms with Crippen molar-refractivity contribution in [3.63, 3.8) is 0 Å². The summed E-state index contributed by atoms with van der Waals surface area (Å²) < 4.78 is 0. The topological polar surface area (TPSA) is 58.2 Å². The first-order valence-electron chi connectivity index (χ1n) is 11.2. The third-order valence-electron chi connectivity index (χ3n) is 6.93. The fourth-order valence-electron chi connectivity index (χ4n) is 4.76. The molecule has 5 heteroatoms. The molecule has 1 aliphatic heterocycles. The van der Waals surface area contributed by atoms with Crippen LogP contribution in [0.15, 0.2) is 41.1 Å². The maximum absolute atomic E-state index is 12.7. The van der Waals surface area contributed by atoms with Crippen molar-refractivity contribution in [1.82, 2.24) is 10.6 Å². The minimum atomic E-state index is 0.0201.